The first-order valence-electron chi connectivity index (χ1n) is 10.1. The van der Waals surface area contributed by atoms with Crippen LogP contribution in [0.15, 0.2) is 41.4 Å². The molecule has 1 aliphatic rings. The smallest absolute Gasteiger partial charge is 0.253 e. The van der Waals surface area contributed by atoms with Gasteiger partial charge in [0.15, 0.2) is 5.96 Å². The van der Waals surface area contributed by atoms with Gasteiger partial charge >= 0.3 is 0 Å². The Balaban J connectivity index is 1.56. The van der Waals surface area contributed by atoms with Crippen molar-refractivity contribution >= 4 is 23.2 Å². The normalized spacial score (nSPS) is 14.8. The van der Waals surface area contributed by atoms with Gasteiger partial charge in [-0.05, 0) is 62.9 Å². The number of rotatable bonds is 6. The Kier molecular flexibility index (Phi) is 7.48. The molecule has 1 fully saturated rings. The lowest BCUT2D eigenvalue weighted by Crippen LogP contribution is -2.36. The largest absolute Gasteiger partial charge is 0.357 e. The van der Waals surface area contributed by atoms with E-state index < -0.39 is 0 Å². The zero-order valence-electron chi connectivity index (χ0n) is 16.8. The maximum absolute atomic E-state index is 12.6. The van der Waals surface area contributed by atoms with Gasteiger partial charge in [0.05, 0.1) is 13.1 Å². The fourth-order valence-corrected chi connectivity index (χ4v) is 4.13. The van der Waals surface area contributed by atoms with Crippen LogP contribution in [0.25, 0.3) is 0 Å². The second-order valence-electron chi connectivity index (χ2n) is 7.11. The van der Waals surface area contributed by atoms with Crippen molar-refractivity contribution in [2.45, 2.75) is 46.2 Å². The summed E-state index contributed by atoms with van der Waals surface area (Å²) in [7, 11) is 0. The van der Waals surface area contributed by atoms with Gasteiger partial charge in [0, 0.05) is 35.0 Å². The topological polar surface area (TPSA) is 56.7 Å². The Bertz CT molecular complexity index is 791. The molecule has 1 aliphatic heterocycles. The highest BCUT2D eigenvalue weighted by Crippen LogP contribution is 2.15. The van der Waals surface area contributed by atoms with Crippen LogP contribution in [0.3, 0.4) is 0 Å². The summed E-state index contributed by atoms with van der Waals surface area (Å²) < 4.78 is 0. The number of hydrogen-bond donors (Lipinski definition) is 2. The fraction of sp³-hybridized carbons (Fsp3) is 0.455. The van der Waals surface area contributed by atoms with Gasteiger partial charge in [-0.2, -0.15) is 0 Å². The van der Waals surface area contributed by atoms with Gasteiger partial charge in [0.1, 0.15) is 0 Å². The van der Waals surface area contributed by atoms with Crippen molar-refractivity contribution in [2.75, 3.05) is 19.6 Å². The van der Waals surface area contributed by atoms with Crippen LogP contribution in [0.4, 0.5) is 0 Å². The van der Waals surface area contributed by atoms with E-state index in [0.29, 0.717) is 6.54 Å². The number of guanidine groups is 1. The molecule has 0 spiro atoms. The monoisotopic (exact) mass is 398 g/mol. The third-order valence-electron chi connectivity index (χ3n) is 4.83. The molecule has 6 heteroatoms. The predicted octanol–water partition coefficient (Wildman–Crippen LogP) is 3.94. The summed E-state index contributed by atoms with van der Waals surface area (Å²) in [5.41, 5.74) is 1.87. The molecule has 0 unspecified atom stereocenters. The average molecular weight is 399 g/mol. The first-order chi connectivity index (χ1) is 13.7. The number of hydrogen-bond acceptors (Lipinski definition) is 3. The molecule has 1 saturated heterocycles. The summed E-state index contributed by atoms with van der Waals surface area (Å²) in [6.45, 7) is 8.11. The van der Waals surface area contributed by atoms with Gasteiger partial charge in [-0.15, -0.1) is 11.3 Å². The number of amides is 1. The van der Waals surface area contributed by atoms with Gasteiger partial charge in [-0.1, -0.05) is 12.1 Å². The third kappa shape index (κ3) is 5.83. The molecule has 0 saturated carbocycles. The fourth-order valence-electron chi connectivity index (χ4n) is 3.30. The molecular weight excluding hydrogens is 368 g/mol. The number of carbonyl (C=O) groups excluding carboxylic acids is 1. The molecule has 2 aromatic rings. The molecule has 2 heterocycles. The van der Waals surface area contributed by atoms with Crippen molar-refractivity contribution in [2.24, 2.45) is 4.99 Å². The minimum atomic E-state index is 0.149. The molecule has 5 nitrogen and oxygen atoms in total. The number of benzene rings is 1. The zero-order valence-corrected chi connectivity index (χ0v) is 17.6. The van der Waals surface area contributed by atoms with E-state index in [2.05, 4.69) is 41.6 Å². The molecule has 28 heavy (non-hydrogen) atoms. The van der Waals surface area contributed by atoms with Crippen molar-refractivity contribution < 1.29 is 4.79 Å². The maximum Gasteiger partial charge on any atom is 0.253 e. The van der Waals surface area contributed by atoms with E-state index in [9.17, 15) is 4.79 Å². The molecule has 0 atom stereocenters. The number of piperidine rings is 1. The number of aliphatic imine (C=N–C) groups is 1. The van der Waals surface area contributed by atoms with E-state index in [0.717, 1.165) is 56.1 Å². The quantitative estimate of drug-likeness (QED) is 0.572. The van der Waals surface area contributed by atoms with Crippen LogP contribution in [0.2, 0.25) is 0 Å². The Morgan fingerprint density at radius 2 is 1.82 bits per heavy atom. The lowest BCUT2D eigenvalue weighted by molar-refractivity contribution is 0.0724. The summed E-state index contributed by atoms with van der Waals surface area (Å²) >= 11 is 1.80. The minimum absolute atomic E-state index is 0.149. The van der Waals surface area contributed by atoms with Gasteiger partial charge in [-0.3, -0.25) is 4.79 Å². The van der Waals surface area contributed by atoms with Gasteiger partial charge in [0.2, 0.25) is 0 Å². The average Bonchev–Trinajstić information content (AvgIpc) is 3.16. The molecule has 3 rings (SSSR count). The van der Waals surface area contributed by atoms with E-state index in [1.54, 1.807) is 11.3 Å². The number of likely N-dealkylation sites (tertiary alicyclic amines) is 1. The summed E-state index contributed by atoms with van der Waals surface area (Å²) in [4.78, 5) is 21.8. The third-order valence-corrected chi connectivity index (χ3v) is 5.83. The van der Waals surface area contributed by atoms with Crippen molar-refractivity contribution in [1.29, 1.82) is 0 Å². The first kappa shape index (κ1) is 20.4. The second-order valence-corrected chi connectivity index (χ2v) is 8.48. The van der Waals surface area contributed by atoms with Crippen molar-refractivity contribution in [1.82, 2.24) is 15.5 Å². The summed E-state index contributed by atoms with van der Waals surface area (Å²) in [5, 5.41) is 6.67. The van der Waals surface area contributed by atoms with Crippen LogP contribution in [0.1, 0.15) is 51.9 Å². The summed E-state index contributed by atoms with van der Waals surface area (Å²) in [6, 6.07) is 12.2. The Hall–Kier alpha value is -2.34. The minimum Gasteiger partial charge on any atom is -0.357 e. The molecule has 0 bridgehead atoms. The highest BCUT2D eigenvalue weighted by Gasteiger charge is 2.17. The van der Waals surface area contributed by atoms with Crippen molar-refractivity contribution in [3.63, 3.8) is 0 Å². The highest BCUT2D eigenvalue weighted by molar-refractivity contribution is 7.11. The second kappa shape index (κ2) is 10.3. The van der Waals surface area contributed by atoms with Crippen LogP contribution in [0.5, 0.6) is 0 Å². The number of aryl methyl sites for hydroxylation is 1. The molecule has 0 aliphatic carbocycles. The van der Waals surface area contributed by atoms with Gasteiger partial charge < -0.3 is 15.5 Å². The van der Waals surface area contributed by atoms with E-state index >= 15 is 0 Å². The van der Waals surface area contributed by atoms with Crippen molar-refractivity contribution in [3.05, 3.63) is 57.3 Å². The van der Waals surface area contributed by atoms with Crippen LogP contribution >= 0.6 is 11.3 Å². The standard InChI is InChI=1S/C22H30N4OS/c1-3-23-22(25-16-20-12-7-17(2)28-20)24-15-18-8-10-19(11-9-18)21(27)26-13-5-4-6-14-26/h7-12H,3-6,13-16H2,1-2H3,(H2,23,24,25). The SMILES string of the molecule is CCNC(=NCc1ccc(C(=O)N2CCCCC2)cc1)NCc1ccc(C)s1. The molecular formula is C22H30N4OS. The highest BCUT2D eigenvalue weighted by atomic mass is 32.1. The summed E-state index contributed by atoms with van der Waals surface area (Å²) in [6.07, 6.45) is 3.46. The lowest BCUT2D eigenvalue weighted by atomic mass is 10.1. The van der Waals surface area contributed by atoms with Crippen LogP contribution in [0, 0.1) is 6.92 Å². The molecule has 1 aromatic heterocycles. The molecule has 150 valence electrons. The van der Waals surface area contributed by atoms with Crippen LogP contribution in [-0.4, -0.2) is 36.4 Å². The molecule has 2 N–H and O–H groups in total. The summed E-state index contributed by atoms with van der Waals surface area (Å²) in [5.74, 6) is 0.957. The van der Waals surface area contributed by atoms with E-state index in [1.807, 2.05) is 29.2 Å². The van der Waals surface area contributed by atoms with E-state index in [-0.39, 0.29) is 5.91 Å². The van der Waals surface area contributed by atoms with Gasteiger partial charge in [0.25, 0.3) is 5.91 Å². The maximum atomic E-state index is 12.6. The molecule has 1 aromatic carbocycles. The van der Waals surface area contributed by atoms with E-state index in [4.69, 9.17) is 0 Å². The molecule has 0 radical (unpaired) electrons. The Labute approximate surface area is 171 Å². The number of nitrogens with zero attached hydrogens (tertiary/aromatic N) is 2. The van der Waals surface area contributed by atoms with Gasteiger partial charge in [-0.25, -0.2) is 4.99 Å². The zero-order chi connectivity index (χ0) is 19.8. The number of carbonyl (C=O) groups is 1. The Morgan fingerprint density at radius 1 is 1.07 bits per heavy atom. The lowest BCUT2D eigenvalue weighted by Gasteiger charge is -2.26. The first-order valence-corrected chi connectivity index (χ1v) is 10.9. The van der Waals surface area contributed by atoms with Crippen LogP contribution in [-0.2, 0) is 13.1 Å². The number of nitrogens with one attached hydrogen (secondary N) is 2. The van der Waals surface area contributed by atoms with E-state index in [1.165, 1.54) is 16.2 Å². The van der Waals surface area contributed by atoms with Crippen LogP contribution < -0.4 is 10.6 Å². The predicted molar refractivity (Wildman–Crippen MR) is 117 cm³/mol. The number of thiophene rings is 1. The van der Waals surface area contributed by atoms with Crippen molar-refractivity contribution in [3.8, 4) is 0 Å². The molecule has 1 amide bonds. The Morgan fingerprint density at radius 3 is 2.46 bits per heavy atom.